The van der Waals surface area contributed by atoms with Crippen LogP contribution in [0.25, 0.3) is 5.69 Å². The molecular formula is C19H15F3N4O. The number of rotatable bonds is 4. The molecule has 4 rings (SSSR count). The van der Waals surface area contributed by atoms with Gasteiger partial charge in [0.05, 0.1) is 11.3 Å². The molecule has 3 aromatic rings. The van der Waals surface area contributed by atoms with Crippen LogP contribution in [0.15, 0.2) is 61.2 Å². The zero-order valence-corrected chi connectivity index (χ0v) is 14.0. The van der Waals surface area contributed by atoms with Crippen LogP contribution in [-0.2, 0) is 11.0 Å². The molecule has 1 saturated carbocycles. The highest BCUT2D eigenvalue weighted by atomic mass is 19.4. The lowest BCUT2D eigenvalue weighted by Crippen LogP contribution is -2.15. The first-order valence-corrected chi connectivity index (χ1v) is 8.35. The van der Waals surface area contributed by atoms with Crippen molar-refractivity contribution >= 4 is 11.6 Å². The van der Waals surface area contributed by atoms with Gasteiger partial charge in [-0.3, -0.25) is 9.36 Å². The summed E-state index contributed by atoms with van der Waals surface area (Å²) in [6.45, 7) is 0. The van der Waals surface area contributed by atoms with Crippen molar-refractivity contribution in [2.45, 2.75) is 18.5 Å². The zero-order valence-electron chi connectivity index (χ0n) is 14.0. The molecule has 138 valence electrons. The van der Waals surface area contributed by atoms with Crippen LogP contribution in [0.5, 0.6) is 0 Å². The molecule has 1 heterocycles. The number of anilines is 1. The van der Waals surface area contributed by atoms with E-state index in [-0.39, 0.29) is 11.5 Å². The van der Waals surface area contributed by atoms with Gasteiger partial charge in [0.25, 0.3) is 0 Å². The monoisotopic (exact) mass is 372 g/mol. The molecule has 1 aliphatic carbocycles. The van der Waals surface area contributed by atoms with E-state index in [0.29, 0.717) is 12.1 Å². The van der Waals surface area contributed by atoms with Crippen molar-refractivity contribution in [2.75, 3.05) is 5.32 Å². The smallest absolute Gasteiger partial charge is 0.326 e. The Morgan fingerprint density at radius 1 is 1.07 bits per heavy atom. The second-order valence-electron chi connectivity index (χ2n) is 6.44. The number of benzene rings is 2. The topological polar surface area (TPSA) is 59.8 Å². The van der Waals surface area contributed by atoms with Crippen LogP contribution in [0.1, 0.15) is 23.5 Å². The van der Waals surface area contributed by atoms with Crippen molar-refractivity contribution < 1.29 is 18.0 Å². The normalized spacial score (nSPS) is 18.9. The van der Waals surface area contributed by atoms with Crippen molar-refractivity contribution in [3.63, 3.8) is 0 Å². The summed E-state index contributed by atoms with van der Waals surface area (Å²) in [5, 5.41) is 10.3. The maximum atomic E-state index is 13.2. The summed E-state index contributed by atoms with van der Waals surface area (Å²) in [5.41, 5.74) is 0.858. The molecule has 0 aliphatic heterocycles. The minimum absolute atomic E-state index is 0.184. The van der Waals surface area contributed by atoms with Crippen molar-refractivity contribution in [1.82, 2.24) is 14.8 Å². The van der Waals surface area contributed by atoms with Gasteiger partial charge in [0.1, 0.15) is 12.7 Å². The van der Waals surface area contributed by atoms with Gasteiger partial charge in [-0.05, 0) is 42.2 Å². The maximum Gasteiger partial charge on any atom is 0.416 e. The van der Waals surface area contributed by atoms with Crippen LogP contribution >= 0.6 is 0 Å². The van der Waals surface area contributed by atoms with E-state index in [0.717, 1.165) is 11.8 Å². The Morgan fingerprint density at radius 3 is 2.56 bits per heavy atom. The molecule has 27 heavy (non-hydrogen) atoms. The number of nitrogens with one attached hydrogen (secondary N) is 1. The number of hydrogen-bond acceptors (Lipinski definition) is 3. The average molecular weight is 372 g/mol. The number of alkyl halides is 3. The summed E-state index contributed by atoms with van der Waals surface area (Å²) in [6, 6.07) is 12.5. The third kappa shape index (κ3) is 3.55. The van der Waals surface area contributed by atoms with Crippen LogP contribution in [0.4, 0.5) is 18.9 Å². The predicted molar refractivity (Wildman–Crippen MR) is 92.3 cm³/mol. The highest BCUT2D eigenvalue weighted by molar-refractivity contribution is 5.95. The van der Waals surface area contributed by atoms with Gasteiger partial charge >= 0.3 is 6.18 Å². The quantitative estimate of drug-likeness (QED) is 0.752. The van der Waals surface area contributed by atoms with Crippen LogP contribution in [-0.4, -0.2) is 20.7 Å². The minimum Gasteiger partial charge on any atom is -0.326 e. The fraction of sp³-hybridized carbons (Fsp3) is 0.211. The highest BCUT2D eigenvalue weighted by Crippen LogP contribution is 2.51. The van der Waals surface area contributed by atoms with Gasteiger partial charge in [0, 0.05) is 11.6 Å². The zero-order chi connectivity index (χ0) is 19.0. The summed E-state index contributed by atoms with van der Waals surface area (Å²) >= 11 is 0. The standard InChI is InChI=1S/C19H15F3N4O/c20-19(21,22)17-7-2-1-6-14(17)15-9-16(15)18(27)25-12-4-3-5-13(8-12)26-10-23-24-11-26/h1-8,10-11,15-16H,9H2,(H,25,27). The van der Waals surface area contributed by atoms with Crippen molar-refractivity contribution in [3.05, 3.63) is 72.3 Å². The summed E-state index contributed by atoms with van der Waals surface area (Å²) in [6.07, 6.45) is -0.949. The van der Waals surface area contributed by atoms with Crippen molar-refractivity contribution in [3.8, 4) is 5.69 Å². The fourth-order valence-corrected chi connectivity index (χ4v) is 3.22. The molecule has 2 aromatic carbocycles. The Kier molecular flexibility index (Phi) is 4.18. The first-order valence-electron chi connectivity index (χ1n) is 8.35. The molecule has 1 N–H and O–H groups in total. The number of halogens is 3. The van der Waals surface area contributed by atoms with E-state index >= 15 is 0 Å². The summed E-state index contributed by atoms with van der Waals surface area (Å²) < 4.78 is 41.2. The Bertz CT molecular complexity index is 969. The van der Waals surface area contributed by atoms with Gasteiger partial charge < -0.3 is 5.32 Å². The summed E-state index contributed by atoms with van der Waals surface area (Å²) in [4.78, 5) is 12.5. The van der Waals surface area contributed by atoms with E-state index in [1.165, 1.54) is 24.8 Å². The van der Waals surface area contributed by atoms with Crippen molar-refractivity contribution in [1.29, 1.82) is 0 Å². The number of nitrogens with zero attached hydrogens (tertiary/aromatic N) is 3. The average Bonchev–Trinajstić information content (AvgIpc) is 3.26. The first-order chi connectivity index (χ1) is 12.9. The fourth-order valence-electron chi connectivity index (χ4n) is 3.22. The van der Waals surface area contributed by atoms with Gasteiger partial charge in [-0.15, -0.1) is 10.2 Å². The predicted octanol–water partition coefficient (Wildman–Crippen LogP) is 4.03. The molecule has 2 atom stereocenters. The molecule has 5 nitrogen and oxygen atoms in total. The van der Waals surface area contributed by atoms with Gasteiger partial charge in [-0.2, -0.15) is 13.2 Å². The molecular weight excluding hydrogens is 357 g/mol. The van der Waals surface area contributed by atoms with Crippen LogP contribution in [0.2, 0.25) is 0 Å². The lowest BCUT2D eigenvalue weighted by molar-refractivity contribution is -0.138. The lowest BCUT2D eigenvalue weighted by Gasteiger charge is -2.12. The molecule has 8 heteroatoms. The molecule has 1 aliphatic rings. The number of hydrogen-bond donors (Lipinski definition) is 1. The Balaban J connectivity index is 1.48. The molecule has 1 aromatic heterocycles. The van der Waals surface area contributed by atoms with E-state index in [1.54, 1.807) is 28.8 Å². The Morgan fingerprint density at radius 2 is 1.81 bits per heavy atom. The molecule has 1 fully saturated rings. The molecule has 0 spiro atoms. The van der Waals surface area contributed by atoms with E-state index in [1.807, 2.05) is 6.07 Å². The van der Waals surface area contributed by atoms with E-state index < -0.39 is 23.6 Å². The minimum atomic E-state index is -4.42. The van der Waals surface area contributed by atoms with Crippen LogP contribution in [0.3, 0.4) is 0 Å². The largest absolute Gasteiger partial charge is 0.416 e. The van der Waals surface area contributed by atoms with Gasteiger partial charge in [-0.25, -0.2) is 0 Å². The first kappa shape index (κ1) is 17.3. The van der Waals surface area contributed by atoms with Crippen LogP contribution < -0.4 is 5.32 Å². The van der Waals surface area contributed by atoms with E-state index in [9.17, 15) is 18.0 Å². The van der Waals surface area contributed by atoms with Gasteiger partial charge in [0.2, 0.25) is 5.91 Å². The van der Waals surface area contributed by atoms with E-state index in [4.69, 9.17) is 0 Å². The Labute approximate surface area is 152 Å². The number of aromatic nitrogens is 3. The molecule has 2 unspecified atom stereocenters. The third-order valence-electron chi connectivity index (χ3n) is 4.62. The van der Waals surface area contributed by atoms with Crippen LogP contribution in [0, 0.1) is 5.92 Å². The third-order valence-corrected chi connectivity index (χ3v) is 4.62. The highest BCUT2D eigenvalue weighted by Gasteiger charge is 2.47. The van der Waals surface area contributed by atoms with Gasteiger partial charge in [0.15, 0.2) is 0 Å². The molecule has 0 saturated heterocycles. The number of carbonyl (C=O) groups excluding carboxylic acids is 1. The van der Waals surface area contributed by atoms with Gasteiger partial charge in [-0.1, -0.05) is 24.3 Å². The second kappa shape index (κ2) is 6.53. The van der Waals surface area contributed by atoms with E-state index in [2.05, 4.69) is 15.5 Å². The van der Waals surface area contributed by atoms with Crippen molar-refractivity contribution in [2.24, 2.45) is 5.92 Å². The maximum absolute atomic E-state index is 13.2. The number of carbonyl (C=O) groups is 1. The Hall–Kier alpha value is -3.16. The SMILES string of the molecule is O=C(Nc1cccc(-n2cnnc2)c1)C1CC1c1ccccc1C(F)(F)F. The second-order valence-corrected chi connectivity index (χ2v) is 6.44. The number of amides is 1. The lowest BCUT2D eigenvalue weighted by atomic mass is 10.0. The molecule has 0 radical (unpaired) electrons. The summed E-state index contributed by atoms with van der Waals surface area (Å²) in [7, 11) is 0. The molecule has 1 amide bonds. The summed E-state index contributed by atoms with van der Waals surface area (Å²) in [5.74, 6) is -1.16. The molecule has 0 bridgehead atoms.